The van der Waals surface area contributed by atoms with E-state index >= 15 is 0 Å². The number of aryl methyl sites for hydroxylation is 1. The van der Waals surface area contributed by atoms with Crippen LogP contribution in [-0.2, 0) is 16.6 Å². The first kappa shape index (κ1) is 14.3. The molecule has 0 aliphatic carbocycles. The summed E-state index contributed by atoms with van der Waals surface area (Å²) in [4.78, 5) is 12.0. The second-order valence-corrected chi connectivity index (χ2v) is 6.13. The lowest BCUT2D eigenvalue weighted by Crippen LogP contribution is -2.14. The number of nitrogens with one attached hydrogen (secondary N) is 2. The zero-order valence-electron chi connectivity index (χ0n) is 12.4. The van der Waals surface area contributed by atoms with Gasteiger partial charge in [0, 0.05) is 17.2 Å². The predicted molar refractivity (Wildman–Crippen MR) is 80.8 cm³/mol. The van der Waals surface area contributed by atoms with Crippen molar-refractivity contribution in [2.75, 3.05) is 5.32 Å². The zero-order chi connectivity index (χ0) is 14.8. The summed E-state index contributed by atoms with van der Waals surface area (Å²) in [6, 6.07) is 9.84. The molecule has 0 aliphatic rings. The number of carbonyl (C=O) groups excluding carboxylic acids is 1. The molecule has 0 spiro atoms. The lowest BCUT2D eigenvalue weighted by molar-refractivity contribution is -0.115. The fourth-order valence-electron chi connectivity index (χ4n) is 1.96. The summed E-state index contributed by atoms with van der Waals surface area (Å²) < 4.78 is 0. The quantitative estimate of drug-likeness (QED) is 0.900. The molecule has 0 bridgehead atoms. The highest BCUT2D eigenvalue weighted by Gasteiger charge is 2.17. The van der Waals surface area contributed by atoms with Crippen LogP contribution in [0, 0.1) is 6.92 Å². The molecule has 0 radical (unpaired) electrons. The summed E-state index contributed by atoms with van der Waals surface area (Å²) in [6.07, 6.45) is 0.361. The summed E-state index contributed by atoms with van der Waals surface area (Å²) in [6.45, 7) is 8.31. The van der Waals surface area contributed by atoms with Gasteiger partial charge in [0.25, 0.3) is 0 Å². The minimum atomic E-state index is -0.0532. The Morgan fingerprint density at radius 3 is 2.65 bits per heavy atom. The number of aromatic nitrogens is 2. The number of hydrogen-bond donors (Lipinski definition) is 2. The SMILES string of the molecule is Cc1cccc(CC(=O)Nc2cc(C(C)(C)C)[nH]n2)c1. The van der Waals surface area contributed by atoms with Crippen LogP contribution in [0.2, 0.25) is 0 Å². The Labute approximate surface area is 119 Å². The van der Waals surface area contributed by atoms with E-state index in [-0.39, 0.29) is 11.3 Å². The van der Waals surface area contributed by atoms with Crippen LogP contribution in [0.3, 0.4) is 0 Å². The summed E-state index contributed by atoms with van der Waals surface area (Å²) in [5, 5.41) is 9.91. The van der Waals surface area contributed by atoms with Gasteiger partial charge >= 0.3 is 0 Å². The van der Waals surface area contributed by atoms with Gasteiger partial charge in [-0.25, -0.2) is 0 Å². The molecule has 1 aromatic carbocycles. The topological polar surface area (TPSA) is 57.8 Å². The van der Waals surface area contributed by atoms with Crippen molar-refractivity contribution in [2.24, 2.45) is 0 Å². The van der Waals surface area contributed by atoms with Crippen molar-refractivity contribution in [3.8, 4) is 0 Å². The lowest BCUT2D eigenvalue weighted by atomic mass is 9.92. The van der Waals surface area contributed by atoms with Crippen molar-refractivity contribution in [1.82, 2.24) is 10.2 Å². The molecule has 0 atom stereocenters. The number of anilines is 1. The highest BCUT2D eigenvalue weighted by molar-refractivity contribution is 5.91. The van der Waals surface area contributed by atoms with Crippen LogP contribution in [0.5, 0.6) is 0 Å². The van der Waals surface area contributed by atoms with Crippen LogP contribution in [0.4, 0.5) is 5.82 Å². The van der Waals surface area contributed by atoms with Gasteiger partial charge in [-0.1, -0.05) is 50.6 Å². The number of H-pyrrole nitrogens is 1. The van der Waals surface area contributed by atoms with Crippen LogP contribution in [0.1, 0.15) is 37.6 Å². The van der Waals surface area contributed by atoms with Crippen molar-refractivity contribution in [3.63, 3.8) is 0 Å². The highest BCUT2D eigenvalue weighted by Crippen LogP contribution is 2.21. The normalized spacial score (nSPS) is 11.4. The van der Waals surface area contributed by atoms with Gasteiger partial charge < -0.3 is 5.32 Å². The molecular formula is C16H21N3O. The predicted octanol–water partition coefficient (Wildman–Crippen LogP) is 3.20. The first-order valence-electron chi connectivity index (χ1n) is 6.76. The monoisotopic (exact) mass is 271 g/mol. The van der Waals surface area contributed by atoms with Crippen LogP contribution in [-0.4, -0.2) is 16.1 Å². The minimum Gasteiger partial charge on any atom is -0.309 e. The third-order valence-corrected chi connectivity index (χ3v) is 3.10. The van der Waals surface area contributed by atoms with E-state index < -0.39 is 0 Å². The van der Waals surface area contributed by atoms with Gasteiger partial charge in [0.1, 0.15) is 0 Å². The Bertz CT molecular complexity index is 608. The molecule has 0 saturated carbocycles. The molecular weight excluding hydrogens is 250 g/mol. The summed E-state index contributed by atoms with van der Waals surface area (Å²) in [5.74, 6) is 0.523. The first-order chi connectivity index (χ1) is 9.34. The molecule has 0 saturated heterocycles. The van der Waals surface area contributed by atoms with E-state index in [0.717, 1.165) is 16.8 Å². The minimum absolute atomic E-state index is 0.00742. The van der Waals surface area contributed by atoms with Gasteiger partial charge in [-0.05, 0) is 12.5 Å². The first-order valence-corrected chi connectivity index (χ1v) is 6.76. The van der Waals surface area contributed by atoms with Crippen molar-refractivity contribution < 1.29 is 4.79 Å². The van der Waals surface area contributed by atoms with E-state index in [2.05, 4.69) is 36.3 Å². The number of aromatic amines is 1. The Balaban J connectivity index is 2.00. The Hall–Kier alpha value is -2.10. The summed E-state index contributed by atoms with van der Waals surface area (Å²) in [5.41, 5.74) is 3.16. The molecule has 1 aromatic heterocycles. The summed E-state index contributed by atoms with van der Waals surface area (Å²) >= 11 is 0. The van der Waals surface area contributed by atoms with Gasteiger partial charge in [-0.3, -0.25) is 9.89 Å². The molecule has 1 amide bonds. The number of nitrogens with zero attached hydrogens (tertiary/aromatic N) is 1. The van der Waals surface area contributed by atoms with Crippen LogP contribution < -0.4 is 5.32 Å². The van der Waals surface area contributed by atoms with Gasteiger partial charge in [0.2, 0.25) is 5.91 Å². The fourth-order valence-corrected chi connectivity index (χ4v) is 1.96. The van der Waals surface area contributed by atoms with E-state index in [1.165, 1.54) is 0 Å². The molecule has 2 rings (SSSR count). The second-order valence-electron chi connectivity index (χ2n) is 6.13. The van der Waals surface area contributed by atoms with Gasteiger partial charge in [-0.2, -0.15) is 5.10 Å². The molecule has 0 aliphatic heterocycles. The number of hydrogen-bond acceptors (Lipinski definition) is 2. The lowest BCUT2D eigenvalue weighted by Gasteiger charge is -2.14. The average molecular weight is 271 g/mol. The van der Waals surface area contributed by atoms with Gasteiger partial charge in [-0.15, -0.1) is 0 Å². The van der Waals surface area contributed by atoms with Crippen LogP contribution in [0.15, 0.2) is 30.3 Å². The van der Waals surface area contributed by atoms with E-state index in [1.54, 1.807) is 0 Å². The van der Waals surface area contributed by atoms with E-state index in [9.17, 15) is 4.79 Å². The number of amides is 1. The van der Waals surface area contributed by atoms with Crippen molar-refractivity contribution in [2.45, 2.75) is 39.5 Å². The largest absolute Gasteiger partial charge is 0.309 e. The molecule has 4 heteroatoms. The number of rotatable bonds is 3. The molecule has 0 fully saturated rings. The third kappa shape index (κ3) is 3.70. The Kier molecular flexibility index (Phi) is 3.93. The molecule has 4 nitrogen and oxygen atoms in total. The number of benzene rings is 1. The van der Waals surface area contributed by atoms with Crippen molar-refractivity contribution >= 4 is 11.7 Å². The van der Waals surface area contributed by atoms with Crippen molar-refractivity contribution in [3.05, 3.63) is 47.2 Å². The highest BCUT2D eigenvalue weighted by atomic mass is 16.1. The standard InChI is InChI=1S/C16H21N3O/c1-11-6-5-7-12(8-11)9-15(20)17-14-10-13(18-19-14)16(2,3)4/h5-8,10H,9H2,1-4H3,(H2,17,18,19,20). The molecule has 20 heavy (non-hydrogen) atoms. The zero-order valence-corrected chi connectivity index (χ0v) is 12.4. The molecule has 2 N–H and O–H groups in total. The van der Waals surface area contributed by atoms with Crippen LogP contribution >= 0.6 is 0 Å². The van der Waals surface area contributed by atoms with E-state index in [1.807, 2.05) is 37.3 Å². The smallest absolute Gasteiger partial charge is 0.229 e. The molecule has 0 unspecified atom stereocenters. The maximum Gasteiger partial charge on any atom is 0.229 e. The Morgan fingerprint density at radius 2 is 2.05 bits per heavy atom. The Morgan fingerprint density at radius 1 is 1.30 bits per heavy atom. The fraction of sp³-hybridized carbons (Fsp3) is 0.375. The molecule has 2 aromatic rings. The van der Waals surface area contributed by atoms with Gasteiger partial charge in [0.15, 0.2) is 5.82 Å². The van der Waals surface area contributed by atoms with E-state index in [0.29, 0.717) is 12.2 Å². The van der Waals surface area contributed by atoms with E-state index in [4.69, 9.17) is 0 Å². The maximum absolute atomic E-state index is 12.0. The van der Waals surface area contributed by atoms with Gasteiger partial charge in [0.05, 0.1) is 6.42 Å². The average Bonchev–Trinajstić information content (AvgIpc) is 2.76. The number of carbonyl (C=O) groups is 1. The second kappa shape index (κ2) is 5.49. The molecule has 1 heterocycles. The van der Waals surface area contributed by atoms with Crippen molar-refractivity contribution in [1.29, 1.82) is 0 Å². The maximum atomic E-state index is 12.0. The summed E-state index contributed by atoms with van der Waals surface area (Å²) in [7, 11) is 0. The third-order valence-electron chi connectivity index (χ3n) is 3.10. The molecule has 106 valence electrons. The van der Waals surface area contributed by atoms with Crippen LogP contribution in [0.25, 0.3) is 0 Å².